The highest BCUT2D eigenvalue weighted by atomic mass is 127. The van der Waals surface area contributed by atoms with Crippen LogP contribution >= 0.6 is 24.0 Å². The van der Waals surface area contributed by atoms with E-state index in [1.807, 2.05) is 32.6 Å². The molecule has 0 aromatic heterocycles. The van der Waals surface area contributed by atoms with Gasteiger partial charge in [-0.15, -0.1) is 24.0 Å². The molecule has 0 saturated carbocycles. The van der Waals surface area contributed by atoms with Crippen molar-refractivity contribution in [1.82, 2.24) is 15.5 Å². The van der Waals surface area contributed by atoms with Crippen molar-refractivity contribution in [2.45, 2.75) is 27.7 Å². The first-order chi connectivity index (χ1) is 13.2. The van der Waals surface area contributed by atoms with E-state index in [0.29, 0.717) is 45.0 Å². The topological polar surface area (TPSA) is 60.0 Å². The van der Waals surface area contributed by atoms with Gasteiger partial charge in [0, 0.05) is 50.7 Å². The fourth-order valence-electron chi connectivity index (χ4n) is 2.91. The van der Waals surface area contributed by atoms with Crippen molar-refractivity contribution in [3.05, 3.63) is 29.8 Å². The monoisotopic (exact) mass is 523 g/mol. The van der Waals surface area contributed by atoms with Gasteiger partial charge in [-0.05, 0) is 19.1 Å². The molecule has 1 amide bonds. The molecular weight excluding hydrogens is 491 g/mol. The van der Waals surface area contributed by atoms with Crippen molar-refractivity contribution in [1.29, 1.82) is 0 Å². The van der Waals surface area contributed by atoms with Crippen molar-refractivity contribution >= 4 is 41.5 Å². The molecule has 0 bridgehead atoms. The van der Waals surface area contributed by atoms with Crippen molar-refractivity contribution in [3.8, 4) is 0 Å². The number of aliphatic imine (C=N–C) groups is 1. The molecule has 9 heteroatoms. The highest BCUT2D eigenvalue weighted by molar-refractivity contribution is 14.0. The van der Waals surface area contributed by atoms with Gasteiger partial charge >= 0.3 is 0 Å². The van der Waals surface area contributed by atoms with Gasteiger partial charge in [0.1, 0.15) is 11.6 Å². The number of nitrogens with zero attached hydrogens (tertiary/aromatic N) is 3. The Kier molecular flexibility index (Phi) is 10.1. The molecule has 1 heterocycles. The molecule has 0 unspecified atom stereocenters. The predicted octanol–water partition coefficient (Wildman–Crippen LogP) is 2.83. The lowest BCUT2D eigenvalue weighted by Gasteiger charge is -2.37. The molecule has 2 N–H and O–H groups in total. The second kappa shape index (κ2) is 11.5. The van der Waals surface area contributed by atoms with E-state index in [0.717, 1.165) is 24.6 Å². The Balaban J connectivity index is 0.00000420. The first-order valence-electron chi connectivity index (χ1n) is 9.74. The molecule has 29 heavy (non-hydrogen) atoms. The van der Waals surface area contributed by atoms with Crippen LogP contribution in [0.25, 0.3) is 0 Å². The van der Waals surface area contributed by atoms with Gasteiger partial charge in [0.15, 0.2) is 5.96 Å². The van der Waals surface area contributed by atoms with Crippen LogP contribution in [-0.4, -0.2) is 62.6 Å². The van der Waals surface area contributed by atoms with Crippen LogP contribution in [0, 0.1) is 17.0 Å². The smallest absolute Gasteiger partial charge is 0.225 e. The quantitative estimate of drug-likeness (QED) is 0.270. The molecule has 1 aromatic carbocycles. The van der Waals surface area contributed by atoms with Crippen LogP contribution in [0.1, 0.15) is 27.7 Å². The number of guanidine groups is 1. The average Bonchev–Trinajstić information content (AvgIpc) is 2.65. The highest BCUT2D eigenvalue weighted by Crippen LogP contribution is 2.22. The Morgan fingerprint density at radius 2 is 1.79 bits per heavy atom. The maximum atomic E-state index is 14.0. The molecule has 1 aliphatic heterocycles. The number of carbonyl (C=O) groups excluding carboxylic acids is 1. The second-order valence-electron chi connectivity index (χ2n) is 7.81. The lowest BCUT2D eigenvalue weighted by Crippen LogP contribution is -2.53. The summed E-state index contributed by atoms with van der Waals surface area (Å²) in [6, 6.07) is 3.53. The minimum Gasteiger partial charge on any atom is -0.366 e. The van der Waals surface area contributed by atoms with Crippen LogP contribution in [0.15, 0.2) is 23.2 Å². The summed E-state index contributed by atoms with van der Waals surface area (Å²) in [4.78, 5) is 20.4. The van der Waals surface area contributed by atoms with E-state index in [4.69, 9.17) is 0 Å². The van der Waals surface area contributed by atoms with E-state index in [1.165, 1.54) is 6.07 Å². The largest absolute Gasteiger partial charge is 0.366 e. The number of rotatable bonds is 5. The lowest BCUT2D eigenvalue weighted by atomic mass is 9.96. The second-order valence-corrected chi connectivity index (χ2v) is 7.81. The van der Waals surface area contributed by atoms with Crippen molar-refractivity contribution in [3.63, 3.8) is 0 Å². The molecule has 1 fully saturated rings. The van der Waals surface area contributed by atoms with Gasteiger partial charge < -0.3 is 20.4 Å². The molecule has 2 rings (SSSR count). The van der Waals surface area contributed by atoms with Gasteiger partial charge in [-0.1, -0.05) is 20.8 Å². The highest BCUT2D eigenvalue weighted by Gasteiger charge is 2.22. The summed E-state index contributed by atoms with van der Waals surface area (Å²) >= 11 is 0. The summed E-state index contributed by atoms with van der Waals surface area (Å²) < 4.78 is 27.4. The zero-order chi connectivity index (χ0) is 20.7. The summed E-state index contributed by atoms with van der Waals surface area (Å²) in [6.45, 7) is 11.7. The Labute approximate surface area is 189 Å². The average molecular weight is 523 g/mol. The Hall–Kier alpha value is -1.65. The third kappa shape index (κ3) is 7.60. The van der Waals surface area contributed by atoms with E-state index in [9.17, 15) is 13.6 Å². The zero-order valence-corrected chi connectivity index (χ0v) is 19.9. The molecular formula is C20H32F2IN5O. The molecule has 164 valence electrons. The minimum atomic E-state index is -0.439. The van der Waals surface area contributed by atoms with Gasteiger partial charge in [-0.3, -0.25) is 9.79 Å². The van der Waals surface area contributed by atoms with Crippen molar-refractivity contribution in [2.24, 2.45) is 10.4 Å². The SMILES string of the molecule is CCNC(=NCCNC(=O)C(C)(C)C)N1CCN(c2cc(F)ccc2F)CC1.I. The maximum absolute atomic E-state index is 14.0. The molecule has 1 saturated heterocycles. The lowest BCUT2D eigenvalue weighted by molar-refractivity contribution is -0.128. The Morgan fingerprint density at radius 3 is 2.38 bits per heavy atom. The summed E-state index contributed by atoms with van der Waals surface area (Å²) in [5.74, 6) is -0.0821. The maximum Gasteiger partial charge on any atom is 0.225 e. The number of piperazine rings is 1. The third-order valence-electron chi connectivity index (χ3n) is 4.50. The standard InChI is InChI=1S/C20H31F2N5O.HI/c1-5-23-19(25-9-8-24-18(28)20(2,3)4)27-12-10-26(11-13-27)17-14-15(21)6-7-16(17)22;/h6-7,14H,5,8-13H2,1-4H3,(H,23,25)(H,24,28);1H. The van der Waals surface area contributed by atoms with Crippen LogP contribution in [0.4, 0.5) is 14.5 Å². The molecule has 0 radical (unpaired) electrons. The van der Waals surface area contributed by atoms with Crippen LogP contribution < -0.4 is 15.5 Å². The summed E-state index contributed by atoms with van der Waals surface area (Å²) in [5.41, 5.74) is -0.122. The molecule has 1 aromatic rings. The molecule has 0 spiro atoms. The molecule has 6 nitrogen and oxygen atoms in total. The van der Waals surface area contributed by atoms with Gasteiger partial charge in [-0.25, -0.2) is 8.78 Å². The number of nitrogens with one attached hydrogen (secondary N) is 2. The number of amides is 1. The van der Waals surface area contributed by atoms with Gasteiger partial charge in [0.25, 0.3) is 0 Å². The van der Waals surface area contributed by atoms with Crippen molar-refractivity contribution in [2.75, 3.05) is 50.7 Å². The molecule has 1 aliphatic rings. The first-order valence-corrected chi connectivity index (χ1v) is 9.74. The zero-order valence-electron chi connectivity index (χ0n) is 17.6. The summed E-state index contributed by atoms with van der Waals surface area (Å²) in [6.07, 6.45) is 0. The number of hydrogen-bond acceptors (Lipinski definition) is 3. The molecule has 0 atom stereocenters. The van der Waals surface area contributed by atoms with E-state index < -0.39 is 17.0 Å². The normalized spacial score (nSPS) is 15.0. The van der Waals surface area contributed by atoms with E-state index in [2.05, 4.69) is 20.5 Å². The number of anilines is 1. The summed E-state index contributed by atoms with van der Waals surface area (Å²) in [7, 11) is 0. The van der Waals surface area contributed by atoms with E-state index >= 15 is 0 Å². The number of benzene rings is 1. The van der Waals surface area contributed by atoms with E-state index in [1.54, 1.807) is 0 Å². The minimum absolute atomic E-state index is 0. The number of halogens is 3. The van der Waals surface area contributed by atoms with Crippen LogP contribution in [0.3, 0.4) is 0 Å². The summed E-state index contributed by atoms with van der Waals surface area (Å²) in [5, 5.41) is 6.14. The fourth-order valence-corrected chi connectivity index (χ4v) is 2.91. The van der Waals surface area contributed by atoms with Gasteiger partial charge in [0.2, 0.25) is 5.91 Å². The predicted molar refractivity (Wildman–Crippen MR) is 124 cm³/mol. The Bertz CT molecular complexity index is 701. The molecule has 0 aliphatic carbocycles. The fraction of sp³-hybridized carbons (Fsp3) is 0.600. The number of carbonyl (C=O) groups is 1. The third-order valence-corrected chi connectivity index (χ3v) is 4.50. The van der Waals surface area contributed by atoms with Crippen LogP contribution in [0.5, 0.6) is 0 Å². The van der Waals surface area contributed by atoms with Crippen molar-refractivity contribution < 1.29 is 13.6 Å². The van der Waals surface area contributed by atoms with Gasteiger partial charge in [-0.2, -0.15) is 0 Å². The first kappa shape index (κ1) is 25.4. The number of hydrogen-bond donors (Lipinski definition) is 2. The van der Waals surface area contributed by atoms with Crippen LogP contribution in [-0.2, 0) is 4.79 Å². The van der Waals surface area contributed by atoms with Gasteiger partial charge in [0.05, 0.1) is 12.2 Å². The van der Waals surface area contributed by atoms with E-state index in [-0.39, 0.29) is 29.9 Å². The van der Waals surface area contributed by atoms with Crippen LogP contribution in [0.2, 0.25) is 0 Å². The Morgan fingerprint density at radius 1 is 1.14 bits per heavy atom.